The number of rotatable bonds is 4. The molecule has 0 heterocycles. The Morgan fingerprint density at radius 1 is 1.12 bits per heavy atom. The summed E-state index contributed by atoms with van der Waals surface area (Å²) >= 11 is 0. The van der Waals surface area contributed by atoms with Crippen molar-refractivity contribution >= 4 is 5.78 Å². The molecular weight excluding hydrogens is 198 g/mol. The summed E-state index contributed by atoms with van der Waals surface area (Å²) in [6, 6.07) is 0. The van der Waals surface area contributed by atoms with E-state index in [1.807, 2.05) is 0 Å². The number of allylic oxidation sites excluding steroid dienone is 3. The topological polar surface area (TPSA) is 29.1 Å². The highest BCUT2D eigenvalue weighted by molar-refractivity contribution is 5.91. The number of carbonyl (C=O) groups excluding carboxylic acids is 1. The lowest BCUT2D eigenvalue weighted by molar-refractivity contribution is -0.115. The Hall–Kier alpha value is -1.05. The van der Waals surface area contributed by atoms with Gasteiger partial charge in [-0.1, -0.05) is 11.6 Å². The van der Waals surface area contributed by atoms with Crippen LogP contribution in [0.3, 0.4) is 0 Å². The maximum Gasteiger partial charge on any atom is 0.157 e. The fraction of sp³-hybridized carbons (Fsp3) is 0.643. The third kappa shape index (κ3) is 3.51. The Kier molecular flexibility index (Phi) is 4.20. The van der Waals surface area contributed by atoms with E-state index in [4.69, 9.17) is 0 Å². The molecule has 0 radical (unpaired) electrons. The van der Waals surface area contributed by atoms with Crippen LogP contribution in [-0.4, -0.2) is 12.3 Å². The molecule has 0 unspecified atom stereocenters. The SMILES string of the molecule is O=C1C=C(NCCC2=CCCCC2)CCC1. The fourth-order valence-corrected chi connectivity index (χ4v) is 2.45. The molecular formula is C14H21NO. The lowest BCUT2D eigenvalue weighted by atomic mass is 9.97. The van der Waals surface area contributed by atoms with Gasteiger partial charge in [0.05, 0.1) is 0 Å². The molecule has 0 spiro atoms. The zero-order valence-corrected chi connectivity index (χ0v) is 9.93. The first-order valence-electron chi connectivity index (χ1n) is 6.50. The molecule has 0 aromatic carbocycles. The van der Waals surface area contributed by atoms with Crippen molar-refractivity contribution in [2.24, 2.45) is 0 Å². The van der Waals surface area contributed by atoms with Crippen LogP contribution in [0.1, 0.15) is 51.4 Å². The predicted molar refractivity (Wildman–Crippen MR) is 66.1 cm³/mol. The summed E-state index contributed by atoms with van der Waals surface area (Å²) in [6.45, 7) is 0.991. The first kappa shape index (κ1) is 11.4. The van der Waals surface area contributed by atoms with Crippen LogP contribution in [0.4, 0.5) is 0 Å². The Morgan fingerprint density at radius 2 is 2.06 bits per heavy atom. The highest BCUT2D eigenvalue weighted by Crippen LogP contribution is 2.20. The Labute approximate surface area is 97.8 Å². The van der Waals surface area contributed by atoms with Gasteiger partial charge in [0.15, 0.2) is 5.78 Å². The van der Waals surface area contributed by atoms with Crippen molar-refractivity contribution in [1.29, 1.82) is 0 Å². The second-order valence-corrected chi connectivity index (χ2v) is 4.77. The predicted octanol–water partition coefficient (Wildman–Crippen LogP) is 3.10. The quantitative estimate of drug-likeness (QED) is 0.736. The number of hydrogen-bond acceptors (Lipinski definition) is 2. The van der Waals surface area contributed by atoms with Crippen molar-refractivity contribution < 1.29 is 4.79 Å². The third-order valence-corrected chi connectivity index (χ3v) is 3.39. The zero-order chi connectivity index (χ0) is 11.2. The fourth-order valence-electron chi connectivity index (χ4n) is 2.45. The van der Waals surface area contributed by atoms with Gasteiger partial charge in [-0.3, -0.25) is 4.79 Å². The molecule has 0 bridgehead atoms. The summed E-state index contributed by atoms with van der Waals surface area (Å²) in [5.41, 5.74) is 2.74. The van der Waals surface area contributed by atoms with E-state index in [0.717, 1.165) is 37.9 Å². The molecule has 0 amide bonds. The van der Waals surface area contributed by atoms with Crippen molar-refractivity contribution in [1.82, 2.24) is 5.32 Å². The summed E-state index contributed by atoms with van der Waals surface area (Å²) in [7, 11) is 0. The van der Waals surface area contributed by atoms with Gasteiger partial charge in [-0.2, -0.15) is 0 Å². The Bertz CT molecular complexity index is 315. The van der Waals surface area contributed by atoms with Crippen molar-refractivity contribution in [3.8, 4) is 0 Å². The maximum absolute atomic E-state index is 11.2. The van der Waals surface area contributed by atoms with Crippen LogP contribution in [0.2, 0.25) is 0 Å². The molecule has 2 aliphatic carbocycles. The second-order valence-electron chi connectivity index (χ2n) is 4.77. The molecule has 0 saturated heterocycles. The van der Waals surface area contributed by atoms with E-state index < -0.39 is 0 Å². The number of carbonyl (C=O) groups is 1. The van der Waals surface area contributed by atoms with E-state index in [9.17, 15) is 4.79 Å². The minimum Gasteiger partial charge on any atom is -0.388 e. The molecule has 0 aromatic rings. The van der Waals surface area contributed by atoms with Gasteiger partial charge in [-0.15, -0.1) is 0 Å². The summed E-state index contributed by atoms with van der Waals surface area (Å²) in [5, 5.41) is 3.40. The van der Waals surface area contributed by atoms with E-state index >= 15 is 0 Å². The lowest BCUT2D eigenvalue weighted by Gasteiger charge is -2.16. The van der Waals surface area contributed by atoms with Crippen LogP contribution in [0, 0.1) is 0 Å². The van der Waals surface area contributed by atoms with Crippen molar-refractivity contribution in [3.05, 3.63) is 23.4 Å². The van der Waals surface area contributed by atoms with Gasteiger partial charge in [-0.25, -0.2) is 0 Å². The normalized spacial score (nSPS) is 21.4. The molecule has 2 heteroatoms. The molecule has 2 nitrogen and oxygen atoms in total. The standard InChI is InChI=1S/C14H21NO/c16-14-8-4-7-13(11-14)15-10-9-12-5-2-1-3-6-12/h5,11,15H,1-4,6-10H2. The molecule has 0 fully saturated rings. The molecule has 0 saturated carbocycles. The van der Waals surface area contributed by atoms with Crippen molar-refractivity contribution in [2.45, 2.75) is 51.4 Å². The maximum atomic E-state index is 11.2. The molecule has 2 rings (SSSR count). The number of nitrogens with one attached hydrogen (secondary N) is 1. The van der Waals surface area contributed by atoms with E-state index in [1.54, 1.807) is 11.6 Å². The van der Waals surface area contributed by atoms with Gasteiger partial charge < -0.3 is 5.32 Å². The summed E-state index contributed by atoms with van der Waals surface area (Å²) in [6.07, 6.45) is 13.4. The van der Waals surface area contributed by atoms with Crippen LogP contribution in [0.25, 0.3) is 0 Å². The number of ketones is 1. The van der Waals surface area contributed by atoms with Gasteiger partial charge >= 0.3 is 0 Å². The van der Waals surface area contributed by atoms with E-state index in [2.05, 4.69) is 11.4 Å². The molecule has 0 aliphatic heterocycles. The smallest absolute Gasteiger partial charge is 0.157 e. The minimum absolute atomic E-state index is 0.283. The van der Waals surface area contributed by atoms with Gasteiger partial charge in [0.25, 0.3) is 0 Å². The van der Waals surface area contributed by atoms with Crippen molar-refractivity contribution in [2.75, 3.05) is 6.54 Å². The average molecular weight is 219 g/mol. The van der Waals surface area contributed by atoms with Gasteiger partial charge in [0.2, 0.25) is 0 Å². The molecule has 88 valence electrons. The average Bonchev–Trinajstić information content (AvgIpc) is 2.30. The van der Waals surface area contributed by atoms with Gasteiger partial charge in [0, 0.05) is 24.7 Å². The number of hydrogen-bond donors (Lipinski definition) is 1. The summed E-state index contributed by atoms with van der Waals surface area (Å²) in [4.78, 5) is 11.2. The minimum atomic E-state index is 0.283. The van der Waals surface area contributed by atoms with Crippen LogP contribution >= 0.6 is 0 Å². The zero-order valence-electron chi connectivity index (χ0n) is 9.93. The van der Waals surface area contributed by atoms with Crippen LogP contribution in [0.5, 0.6) is 0 Å². The summed E-state index contributed by atoms with van der Waals surface area (Å²) < 4.78 is 0. The van der Waals surface area contributed by atoms with Crippen LogP contribution in [-0.2, 0) is 4.79 Å². The monoisotopic (exact) mass is 219 g/mol. The third-order valence-electron chi connectivity index (χ3n) is 3.39. The Balaban J connectivity index is 1.71. The summed E-state index contributed by atoms with van der Waals surface area (Å²) in [5.74, 6) is 0.283. The first-order chi connectivity index (χ1) is 7.84. The largest absolute Gasteiger partial charge is 0.388 e. The Morgan fingerprint density at radius 3 is 2.81 bits per heavy atom. The van der Waals surface area contributed by atoms with E-state index in [1.165, 1.54) is 25.7 Å². The van der Waals surface area contributed by atoms with Gasteiger partial charge in [0.1, 0.15) is 0 Å². The van der Waals surface area contributed by atoms with E-state index in [0.29, 0.717) is 0 Å². The highest BCUT2D eigenvalue weighted by atomic mass is 16.1. The molecule has 16 heavy (non-hydrogen) atoms. The first-order valence-corrected chi connectivity index (χ1v) is 6.50. The van der Waals surface area contributed by atoms with Crippen LogP contribution < -0.4 is 5.32 Å². The molecule has 0 atom stereocenters. The van der Waals surface area contributed by atoms with Gasteiger partial charge in [-0.05, 0) is 44.9 Å². The van der Waals surface area contributed by atoms with Crippen molar-refractivity contribution in [3.63, 3.8) is 0 Å². The highest BCUT2D eigenvalue weighted by Gasteiger charge is 2.09. The van der Waals surface area contributed by atoms with E-state index in [-0.39, 0.29) is 5.78 Å². The molecule has 2 aliphatic rings. The lowest BCUT2D eigenvalue weighted by Crippen LogP contribution is -2.19. The molecule has 1 N–H and O–H groups in total. The second kappa shape index (κ2) is 5.88. The molecule has 0 aromatic heterocycles. The van der Waals surface area contributed by atoms with Crippen LogP contribution in [0.15, 0.2) is 23.4 Å².